The van der Waals surface area contributed by atoms with Crippen LogP contribution in [0.15, 0.2) is 58.7 Å². The third kappa shape index (κ3) is 7.75. The summed E-state index contributed by atoms with van der Waals surface area (Å²) < 4.78 is 0. The summed E-state index contributed by atoms with van der Waals surface area (Å²) in [5.41, 5.74) is 20.9. The Balaban J connectivity index is 1.67. The van der Waals surface area contributed by atoms with Crippen molar-refractivity contribution in [2.75, 3.05) is 11.5 Å². The number of nitrogens with zero attached hydrogens (tertiary/aromatic N) is 2. The Morgan fingerprint density at radius 2 is 1.17 bits per heavy atom. The molecule has 0 unspecified atom stereocenters. The number of rotatable bonds is 9. The lowest BCUT2D eigenvalue weighted by atomic mass is 10.1. The highest BCUT2D eigenvalue weighted by Crippen LogP contribution is 2.08. The van der Waals surface area contributed by atoms with Crippen molar-refractivity contribution >= 4 is 34.6 Å². The molecule has 0 aliphatic carbocycles. The molecule has 8 nitrogen and oxygen atoms in total. The van der Waals surface area contributed by atoms with Gasteiger partial charge in [-0.15, -0.1) is 0 Å². The van der Waals surface area contributed by atoms with E-state index in [-0.39, 0.29) is 24.7 Å². The van der Waals surface area contributed by atoms with Crippen molar-refractivity contribution in [3.8, 4) is 0 Å². The molecule has 2 rings (SSSR count). The molecule has 0 atom stereocenters. The second-order valence-corrected chi connectivity index (χ2v) is 6.92. The predicted octanol–water partition coefficient (Wildman–Crippen LogP) is 2.79. The van der Waals surface area contributed by atoms with E-state index in [1.54, 1.807) is 38.1 Å². The van der Waals surface area contributed by atoms with Gasteiger partial charge in [0.2, 0.25) is 11.8 Å². The van der Waals surface area contributed by atoms with Crippen molar-refractivity contribution in [3.05, 3.63) is 59.7 Å². The summed E-state index contributed by atoms with van der Waals surface area (Å²) in [7, 11) is 0. The molecule has 2 amide bonds. The van der Waals surface area contributed by atoms with Crippen molar-refractivity contribution in [2.24, 2.45) is 10.2 Å². The lowest BCUT2D eigenvalue weighted by Gasteiger charge is -2.05. The van der Waals surface area contributed by atoms with Crippen LogP contribution in [0.3, 0.4) is 0 Å². The highest BCUT2D eigenvalue weighted by atomic mass is 16.2. The monoisotopic (exact) mass is 408 g/mol. The molecule has 0 saturated heterocycles. The summed E-state index contributed by atoms with van der Waals surface area (Å²) in [6.07, 6.45) is 1.72. The second-order valence-electron chi connectivity index (χ2n) is 6.92. The predicted molar refractivity (Wildman–Crippen MR) is 121 cm³/mol. The Kier molecular flexibility index (Phi) is 8.56. The first kappa shape index (κ1) is 22.6. The van der Waals surface area contributed by atoms with Crippen LogP contribution in [-0.4, -0.2) is 23.2 Å². The summed E-state index contributed by atoms with van der Waals surface area (Å²) in [5.74, 6) is -0.400. The van der Waals surface area contributed by atoms with E-state index < -0.39 is 0 Å². The van der Waals surface area contributed by atoms with Crippen molar-refractivity contribution in [1.82, 2.24) is 10.9 Å². The van der Waals surface area contributed by atoms with Crippen LogP contribution in [0.5, 0.6) is 0 Å². The maximum absolute atomic E-state index is 11.9. The first-order valence-corrected chi connectivity index (χ1v) is 9.73. The molecule has 0 fully saturated rings. The van der Waals surface area contributed by atoms with Gasteiger partial charge in [-0.2, -0.15) is 10.2 Å². The zero-order valence-corrected chi connectivity index (χ0v) is 17.3. The van der Waals surface area contributed by atoms with Crippen LogP contribution in [0.2, 0.25) is 0 Å². The Bertz CT molecular complexity index is 875. The van der Waals surface area contributed by atoms with Gasteiger partial charge in [0, 0.05) is 24.2 Å². The smallest absolute Gasteiger partial charge is 0.240 e. The fourth-order valence-electron chi connectivity index (χ4n) is 2.63. The first-order chi connectivity index (χ1) is 14.3. The molecule has 0 bridgehead atoms. The van der Waals surface area contributed by atoms with Gasteiger partial charge in [0.05, 0.1) is 11.4 Å². The third-order valence-electron chi connectivity index (χ3n) is 4.36. The van der Waals surface area contributed by atoms with Crippen LogP contribution in [-0.2, 0) is 9.59 Å². The molecule has 0 aromatic heterocycles. The molecule has 2 aromatic rings. The van der Waals surface area contributed by atoms with Crippen LogP contribution in [0.1, 0.15) is 50.7 Å². The number of carbonyl (C=O) groups excluding carboxylic acids is 2. The van der Waals surface area contributed by atoms with Crippen molar-refractivity contribution in [3.63, 3.8) is 0 Å². The van der Waals surface area contributed by atoms with Gasteiger partial charge >= 0.3 is 0 Å². The first-order valence-electron chi connectivity index (χ1n) is 9.73. The minimum absolute atomic E-state index is 0.200. The fourth-order valence-corrected chi connectivity index (χ4v) is 2.63. The lowest BCUT2D eigenvalue weighted by molar-refractivity contribution is -0.123. The van der Waals surface area contributed by atoms with E-state index in [0.717, 1.165) is 11.1 Å². The third-order valence-corrected chi connectivity index (χ3v) is 4.36. The Labute approximate surface area is 176 Å². The van der Waals surface area contributed by atoms with E-state index in [4.69, 9.17) is 11.5 Å². The van der Waals surface area contributed by atoms with Crippen molar-refractivity contribution in [1.29, 1.82) is 0 Å². The number of hydrogen-bond donors (Lipinski definition) is 4. The zero-order valence-electron chi connectivity index (χ0n) is 17.3. The van der Waals surface area contributed by atoms with Gasteiger partial charge < -0.3 is 11.5 Å². The van der Waals surface area contributed by atoms with Gasteiger partial charge in [-0.05, 0) is 62.1 Å². The standard InChI is InChI=1S/C22H28N6O2/c1-15(17-7-5-9-19(23)13-17)25-27-21(29)11-3-4-12-22(30)28-26-16(2)18-8-6-10-20(24)14-18/h5-10,13-14H,3-4,11-12,23-24H2,1-2H3,(H,27,29)(H,28,30)/b25-15+,26-16+. The quantitative estimate of drug-likeness (QED) is 0.220. The van der Waals surface area contributed by atoms with E-state index in [2.05, 4.69) is 21.1 Å². The van der Waals surface area contributed by atoms with Gasteiger partial charge in [0.25, 0.3) is 0 Å². The molecule has 6 N–H and O–H groups in total. The normalized spacial score (nSPS) is 11.8. The van der Waals surface area contributed by atoms with Gasteiger partial charge in [-0.25, -0.2) is 10.9 Å². The molecule has 8 heteroatoms. The van der Waals surface area contributed by atoms with E-state index in [0.29, 0.717) is 35.6 Å². The minimum Gasteiger partial charge on any atom is -0.399 e. The molecule has 0 saturated carbocycles. The van der Waals surface area contributed by atoms with E-state index >= 15 is 0 Å². The molecular weight excluding hydrogens is 380 g/mol. The van der Waals surface area contributed by atoms with E-state index in [1.165, 1.54) is 0 Å². The van der Waals surface area contributed by atoms with Crippen LogP contribution >= 0.6 is 0 Å². The van der Waals surface area contributed by atoms with Crippen molar-refractivity contribution in [2.45, 2.75) is 39.5 Å². The number of nitrogens with two attached hydrogens (primary N) is 2. The maximum atomic E-state index is 11.9. The summed E-state index contributed by atoms with van der Waals surface area (Å²) in [6, 6.07) is 14.6. The molecule has 0 aliphatic rings. The SMILES string of the molecule is C/C(=N\NC(=O)CCCCC(=O)N/N=C(\C)c1cccc(N)c1)c1cccc(N)c1. The van der Waals surface area contributed by atoms with Gasteiger partial charge in [0.1, 0.15) is 0 Å². The van der Waals surface area contributed by atoms with Gasteiger partial charge in [0.15, 0.2) is 0 Å². The molecular formula is C22H28N6O2. The molecule has 0 spiro atoms. The van der Waals surface area contributed by atoms with Crippen molar-refractivity contribution < 1.29 is 9.59 Å². The summed E-state index contributed by atoms with van der Waals surface area (Å²) in [6.45, 7) is 3.59. The molecule has 2 aromatic carbocycles. The maximum Gasteiger partial charge on any atom is 0.240 e. The molecule has 0 aliphatic heterocycles. The number of hydrazone groups is 2. The number of hydrogen-bond acceptors (Lipinski definition) is 6. The Hall–Kier alpha value is -3.68. The summed E-state index contributed by atoms with van der Waals surface area (Å²) in [4.78, 5) is 23.8. The number of anilines is 2. The average Bonchev–Trinajstić information content (AvgIpc) is 2.73. The summed E-state index contributed by atoms with van der Waals surface area (Å²) >= 11 is 0. The number of carbonyl (C=O) groups is 2. The lowest BCUT2D eigenvalue weighted by Crippen LogP contribution is -2.20. The topological polar surface area (TPSA) is 135 Å². The second kappa shape index (κ2) is 11.4. The molecule has 30 heavy (non-hydrogen) atoms. The molecule has 0 radical (unpaired) electrons. The minimum atomic E-state index is -0.200. The highest BCUT2D eigenvalue weighted by molar-refractivity contribution is 6.00. The Morgan fingerprint density at radius 1 is 0.767 bits per heavy atom. The van der Waals surface area contributed by atoms with Crippen LogP contribution in [0.4, 0.5) is 11.4 Å². The largest absolute Gasteiger partial charge is 0.399 e. The number of amides is 2. The van der Waals surface area contributed by atoms with Crippen LogP contribution in [0.25, 0.3) is 0 Å². The highest BCUT2D eigenvalue weighted by Gasteiger charge is 2.05. The van der Waals surface area contributed by atoms with E-state index in [1.807, 2.05) is 24.3 Å². The number of benzene rings is 2. The van der Waals surface area contributed by atoms with Gasteiger partial charge in [-0.1, -0.05) is 24.3 Å². The molecule has 0 heterocycles. The number of nitrogen functional groups attached to an aromatic ring is 2. The van der Waals surface area contributed by atoms with Crippen LogP contribution in [0, 0.1) is 0 Å². The molecule has 158 valence electrons. The summed E-state index contributed by atoms with van der Waals surface area (Å²) in [5, 5.41) is 8.18. The zero-order chi connectivity index (χ0) is 21.9. The Morgan fingerprint density at radius 3 is 1.53 bits per heavy atom. The number of nitrogens with one attached hydrogen (secondary N) is 2. The number of unbranched alkanes of at least 4 members (excludes halogenated alkanes) is 1. The average molecular weight is 409 g/mol. The van der Waals surface area contributed by atoms with E-state index in [9.17, 15) is 9.59 Å². The van der Waals surface area contributed by atoms with Crippen LogP contribution < -0.4 is 22.3 Å². The van der Waals surface area contributed by atoms with Gasteiger partial charge in [-0.3, -0.25) is 9.59 Å². The fraction of sp³-hybridized carbons (Fsp3) is 0.273.